The molecule has 0 atom stereocenters. The Morgan fingerprint density at radius 2 is 2.00 bits per heavy atom. The smallest absolute Gasteiger partial charge is 0.305 e. The fraction of sp³-hybridized carbons (Fsp3) is 0.160. The molecular formula is C25H19N3O3. The molecule has 6 rings (SSSR count). The van der Waals surface area contributed by atoms with E-state index in [1.165, 1.54) is 11.8 Å². The number of hydrogen-bond acceptors (Lipinski definition) is 3. The third-order valence-electron chi connectivity index (χ3n) is 6.55. The molecule has 0 spiro atoms. The van der Waals surface area contributed by atoms with Crippen molar-refractivity contribution in [2.75, 3.05) is 0 Å². The fourth-order valence-corrected chi connectivity index (χ4v) is 5.33. The number of carbonyl (C=O) groups excluding carboxylic acids is 1. The number of nitrogens with zero attached hydrogens (tertiary/aromatic N) is 1. The highest BCUT2D eigenvalue weighted by Gasteiger charge is 2.35. The summed E-state index contributed by atoms with van der Waals surface area (Å²) in [5, 5.41) is 22.0. The van der Waals surface area contributed by atoms with E-state index in [4.69, 9.17) is 5.41 Å². The predicted molar refractivity (Wildman–Crippen MR) is 119 cm³/mol. The molecule has 0 saturated heterocycles. The summed E-state index contributed by atoms with van der Waals surface area (Å²) < 4.78 is 2.10. The summed E-state index contributed by atoms with van der Waals surface area (Å²) in [5.74, 6) is -0.899. The van der Waals surface area contributed by atoms with Crippen molar-refractivity contribution in [3.8, 4) is 11.1 Å². The normalized spacial score (nSPS) is 13.9. The zero-order chi connectivity index (χ0) is 21.3. The summed E-state index contributed by atoms with van der Waals surface area (Å²) in [5.41, 5.74) is 8.78. The van der Waals surface area contributed by atoms with E-state index in [-0.39, 0.29) is 12.3 Å². The van der Waals surface area contributed by atoms with Crippen molar-refractivity contribution in [2.45, 2.75) is 25.9 Å². The summed E-state index contributed by atoms with van der Waals surface area (Å²) in [7, 11) is 0. The van der Waals surface area contributed by atoms with Crippen molar-refractivity contribution >= 4 is 39.9 Å². The topological polar surface area (TPSA) is 95.2 Å². The quantitative estimate of drug-likeness (QED) is 0.390. The van der Waals surface area contributed by atoms with Crippen LogP contribution in [0.3, 0.4) is 0 Å². The number of hydrogen-bond donors (Lipinski definition) is 3. The Labute approximate surface area is 177 Å². The number of rotatable bonds is 4. The molecule has 0 saturated carbocycles. The zero-order valence-corrected chi connectivity index (χ0v) is 16.7. The SMILES string of the molecule is N=Cc1ccc2c(c1)c1c3c(c4c(c1n2CCC(=O)O)Cc1ccccc1-4)C(=O)NC3. The van der Waals surface area contributed by atoms with Crippen molar-refractivity contribution < 1.29 is 14.7 Å². The summed E-state index contributed by atoms with van der Waals surface area (Å²) >= 11 is 0. The molecule has 152 valence electrons. The number of carboxylic acids is 1. The van der Waals surface area contributed by atoms with Crippen molar-refractivity contribution in [1.82, 2.24) is 9.88 Å². The molecule has 0 bridgehead atoms. The van der Waals surface area contributed by atoms with Gasteiger partial charge in [0.1, 0.15) is 0 Å². The lowest BCUT2D eigenvalue weighted by molar-refractivity contribution is -0.137. The van der Waals surface area contributed by atoms with E-state index in [9.17, 15) is 14.7 Å². The maximum atomic E-state index is 12.9. The molecule has 2 aliphatic rings. The van der Waals surface area contributed by atoms with Crippen LogP contribution in [0.25, 0.3) is 32.9 Å². The van der Waals surface area contributed by atoms with Crippen molar-refractivity contribution in [3.63, 3.8) is 0 Å². The number of fused-ring (bicyclic) bond motifs is 10. The first-order chi connectivity index (χ1) is 15.1. The monoisotopic (exact) mass is 409 g/mol. The number of aromatic nitrogens is 1. The van der Waals surface area contributed by atoms with Crippen LogP contribution in [0.4, 0.5) is 0 Å². The highest BCUT2D eigenvalue weighted by molar-refractivity contribution is 6.20. The van der Waals surface area contributed by atoms with Gasteiger partial charge in [-0.1, -0.05) is 30.3 Å². The number of aryl methyl sites for hydroxylation is 1. The van der Waals surface area contributed by atoms with Crippen LogP contribution in [0.15, 0.2) is 42.5 Å². The summed E-state index contributed by atoms with van der Waals surface area (Å²) in [6.07, 6.45) is 2.04. The van der Waals surface area contributed by atoms with Gasteiger partial charge in [0.15, 0.2) is 0 Å². The molecule has 3 N–H and O–H groups in total. The summed E-state index contributed by atoms with van der Waals surface area (Å²) in [6, 6.07) is 14.0. The standard InChI is InChI=1S/C25H19N3O3/c26-11-13-5-6-19-16(9-13)22-18-12-27-25(31)23(18)21-15-4-2-1-3-14(15)10-17(21)24(22)28(19)8-7-20(29)30/h1-6,9,11,26H,7-8,10,12H2,(H,27,31)(H,29,30). The van der Waals surface area contributed by atoms with Crippen LogP contribution in [0.5, 0.6) is 0 Å². The third kappa shape index (κ3) is 2.36. The minimum Gasteiger partial charge on any atom is -0.481 e. The Hall–Kier alpha value is -3.93. The Morgan fingerprint density at radius 1 is 1.16 bits per heavy atom. The van der Waals surface area contributed by atoms with Gasteiger partial charge in [-0.15, -0.1) is 0 Å². The van der Waals surface area contributed by atoms with Gasteiger partial charge >= 0.3 is 5.97 Å². The molecule has 4 aromatic rings. The maximum Gasteiger partial charge on any atom is 0.305 e. The molecule has 0 unspecified atom stereocenters. The molecule has 1 aliphatic heterocycles. The highest BCUT2D eigenvalue weighted by Crippen LogP contribution is 2.48. The Kier molecular flexibility index (Phi) is 3.63. The molecule has 6 nitrogen and oxygen atoms in total. The average molecular weight is 409 g/mol. The van der Waals surface area contributed by atoms with Crippen LogP contribution in [0.2, 0.25) is 0 Å². The number of benzene rings is 3. The molecule has 1 amide bonds. The molecular weight excluding hydrogens is 390 g/mol. The van der Waals surface area contributed by atoms with Crippen molar-refractivity contribution in [3.05, 3.63) is 70.3 Å². The summed E-state index contributed by atoms with van der Waals surface area (Å²) in [4.78, 5) is 24.3. The van der Waals surface area contributed by atoms with E-state index in [0.717, 1.165) is 55.2 Å². The second-order valence-electron chi connectivity index (χ2n) is 8.16. The van der Waals surface area contributed by atoms with E-state index < -0.39 is 5.97 Å². The lowest BCUT2D eigenvalue weighted by Crippen LogP contribution is -2.13. The first kappa shape index (κ1) is 17.9. The van der Waals surface area contributed by atoms with Crippen LogP contribution in [0.1, 0.15) is 39.0 Å². The molecule has 2 heterocycles. The van der Waals surface area contributed by atoms with Gasteiger partial charge in [0.05, 0.1) is 17.5 Å². The predicted octanol–water partition coefficient (Wildman–Crippen LogP) is 4.08. The minimum absolute atomic E-state index is 0.0151. The number of amides is 1. The van der Waals surface area contributed by atoms with E-state index in [2.05, 4.69) is 22.0 Å². The van der Waals surface area contributed by atoms with Crippen LogP contribution >= 0.6 is 0 Å². The Balaban J connectivity index is 1.81. The van der Waals surface area contributed by atoms with E-state index >= 15 is 0 Å². The van der Waals surface area contributed by atoms with Gasteiger partial charge in [0.2, 0.25) is 0 Å². The number of nitrogens with one attached hydrogen (secondary N) is 2. The van der Waals surface area contributed by atoms with E-state index in [0.29, 0.717) is 19.5 Å². The zero-order valence-electron chi connectivity index (χ0n) is 16.7. The molecule has 6 heteroatoms. The maximum absolute atomic E-state index is 12.9. The lowest BCUT2D eigenvalue weighted by atomic mass is 9.92. The second-order valence-corrected chi connectivity index (χ2v) is 8.16. The van der Waals surface area contributed by atoms with Gasteiger partial charge in [0, 0.05) is 47.6 Å². The number of aliphatic carboxylic acids is 1. The molecule has 1 aliphatic carbocycles. The molecule has 0 fully saturated rings. The van der Waals surface area contributed by atoms with Crippen LogP contribution in [-0.2, 0) is 24.3 Å². The van der Waals surface area contributed by atoms with Crippen molar-refractivity contribution in [1.29, 1.82) is 5.41 Å². The van der Waals surface area contributed by atoms with Gasteiger partial charge in [-0.2, -0.15) is 0 Å². The first-order valence-corrected chi connectivity index (χ1v) is 10.3. The Morgan fingerprint density at radius 3 is 2.81 bits per heavy atom. The van der Waals surface area contributed by atoms with Crippen molar-refractivity contribution in [2.24, 2.45) is 0 Å². The highest BCUT2D eigenvalue weighted by atomic mass is 16.4. The van der Waals surface area contributed by atoms with Gasteiger partial charge in [-0.05, 0) is 39.9 Å². The van der Waals surface area contributed by atoms with Gasteiger partial charge in [-0.25, -0.2) is 0 Å². The summed E-state index contributed by atoms with van der Waals surface area (Å²) in [6.45, 7) is 0.801. The van der Waals surface area contributed by atoms with Gasteiger partial charge in [0.25, 0.3) is 5.91 Å². The van der Waals surface area contributed by atoms with E-state index in [1.54, 1.807) is 0 Å². The van der Waals surface area contributed by atoms with Gasteiger partial charge < -0.3 is 20.4 Å². The molecule has 1 aromatic heterocycles. The number of carbonyl (C=O) groups is 2. The minimum atomic E-state index is -0.843. The molecule has 0 radical (unpaired) electrons. The molecule has 3 aromatic carbocycles. The van der Waals surface area contributed by atoms with Crippen LogP contribution in [0, 0.1) is 5.41 Å². The third-order valence-corrected chi connectivity index (χ3v) is 6.55. The number of carboxylic acid groups (broad SMARTS) is 1. The van der Waals surface area contributed by atoms with Crippen LogP contribution < -0.4 is 5.32 Å². The van der Waals surface area contributed by atoms with Crippen LogP contribution in [-0.4, -0.2) is 27.8 Å². The largest absolute Gasteiger partial charge is 0.481 e. The fourth-order valence-electron chi connectivity index (χ4n) is 5.33. The van der Waals surface area contributed by atoms with E-state index in [1.807, 2.05) is 30.3 Å². The second kappa shape index (κ2) is 6.28. The first-order valence-electron chi connectivity index (χ1n) is 10.3. The van der Waals surface area contributed by atoms with Gasteiger partial charge in [-0.3, -0.25) is 9.59 Å². The average Bonchev–Trinajstić information content (AvgIpc) is 3.43. The Bertz CT molecular complexity index is 1480. The molecule has 31 heavy (non-hydrogen) atoms. The lowest BCUT2D eigenvalue weighted by Gasteiger charge is -2.13.